The number of hydrogen-bond acceptors (Lipinski definition) is 4. The van der Waals surface area contributed by atoms with E-state index in [-0.39, 0.29) is 12.6 Å². The molecule has 1 saturated heterocycles. The SMILES string of the molecule is CN(Cc1ccc(C(N)=O)cc1)C1COCC1C(=O)O. The molecule has 0 saturated carbocycles. The first-order valence-corrected chi connectivity index (χ1v) is 6.38. The van der Waals surface area contributed by atoms with Crippen LogP contribution in [0.1, 0.15) is 15.9 Å². The zero-order chi connectivity index (χ0) is 14.7. The van der Waals surface area contributed by atoms with E-state index in [1.165, 1.54) is 0 Å². The normalized spacial score (nSPS) is 22.1. The molecule has 1 amide bonds. The number of carboxylic acid groups (broad SMARTS) is 1. The lowest BCUT2D eigenvalue weighted by Crippen LogP contribution is -2.40. The van der Waals surface area contributed by atoms with Crippen molar-refractivity contribution < 1.29 is 19.4 Å². The van der Waals surface area contributed by atoms with Gasteiger partial charge in [0.1, 0.15) is 0 Å². The summed E-state index contributed by atoms with van der Waals surface area (Å²) in [7, 11) is 1.87. The van der Waals surface area contributed by atoms with E-state index in [4.69, 9.17) is 15.6 Å². The molecule has 1 aromatic carbocycles. The Hall–Kier alpha value is -1.92. The minimum absolute atomic E-state index is 0.136. The first kappa shape index (κ1) is 14.5. The predicted molar refractivity (Wildman–Crippen MR) is 72.2 cm³/mol. The van der Waals surface area contributed by atoms with E-state index in [1.54, 1.807) is 12.1 Å². The number of amides is 1. The minimum Gasteiger partial charge on any atom is -0.481 e. The van der Waals surface area contributed by atoms with E-state index in [0.29, 0.717) is 18.7 Å². The second kappa shape index (κ2) is 6.02. The number of carbonyl (C=O) groups excluding carboxylic acids is 1. The second-order valence-corrected chi connectivity index (χ2v) is 5.03. The molecule has 0 aliphatic carbocycles. The molecule has 1 aromatic rings. The number of rotatable bonds is 5. The Morgan fingerprint density at radius 1 is 1.35 bits per heavy atom. The number of hydrogen-bond donors (Lipinski definition) is 2. The zero-order valence-corrected chi connectivity index (χ0v) is 11.3. The number of benzene rings is 1. The van der Waals surface area contributed by atoms with E-state index < -0.39 is 17.8 Å². The summed E-state index contributed by atoms with van der Waals surface area (Å²) in [5, 5.41) is 9.14. The van der Waals surface area contributed by atoms with Gasteiger partial charge in [0.15, 0.2) is 0 Å². The molecule has 0 bridgehead atoms. The van der Waals surface area contributed by atoms with Crippen molar-refractivity contribution in [2.75, 3.05) is 20.3 Å². The smallest absolute Gasteiger partial charge is 0.310 e. The van der Waals surface area contributed by atoms with Crippen molar-refractivity contribution in [3.05, 3.63) is 35.4 Å². The van der Waals surface area contributed by atoms with Crippen LogP contribution < -0.4 is 5.73 Å². The predicted octanol–water partition coefficient (Wildman–Crippen LogP) is 0.317. The third kappa shape index (κ3) is 3.15. The van der Waals surface area contributed by atoms with Gasteiger partial charge in [-0.25, -0.2) is 0 Å². The summed E-state index contributed by atoms with van der Waals surface area (Å²) in [6, 6.07) is 6.85. The molecule has 0 spiro atoms. The first-order chi connectivity index (χ1) is 9.49. The number of ether oxygens (including phenoxy) is 1. The Morgan fingerprint density at radius 3 is 2.55 bits per heavy atom. The quantitative estimate of drug-likeness (QED) is 0.809. The van der Waals surface area contributed by atoms with E-state index in [2.05, 4.69) is 0 Å². The Morgan fingerprint density at radius 2 is 2.00 bits per heavy atom. The maximum absolute atomic E-state index is 11.1. The lowest BCUT2D eigenvalue weighted by molar-refractivity contribution is -0.143. The highest BCUT2D eigenvalue weighted by Crippen LogP contribution is 2.20. The van der Waals surface area contributed by atoms with Gasteiger partial charge in [-0.05, 0) is 24.7 Å². The van der Waals surface area contributed by atoms with E-state index >= 15 is 0 Å². The van der Waals surface area contributed by atoms with Crippen LogP contribution in [0.3, 0.4) is 0 Å². The van der Waals surface area contributed by atoms with Crippen LogP contribution in [0.5, 0.6) is 0 Å². The number of nitrogens with two attached hydrogens (primary N) is 1. The van der Waals surface area contributed by atoms with Crippen LogP contribution in [0, 0.1) is 5.92 Å². The van der Waals surface area contributed by atoms with Crippen LogP contribution in [-0.4, -0.2) is 48.2 Å². The van der Waals surface area contributed by atoms with Crippen molar-refractivity contribution in [1.82, 2.24) is 4.90 Å². The van der Waals surface area contributed by atoms with Crippen molar-refractivity contribution in [2.24, 2.45) is 11.7 Å². The minimum atomic E-state index is -0.830. The van der Waals surface area contributed by atoms with Crippen LogP contribution in [0.4, 0.5) is 0 Å². The van der Waals surface area contributed by atoms with Gasteiger partial charge < -0.3 is 15.6 Å². The molecule has 6 heteroatoms. The van der Waals surface area contributed by atoms with Crippen LogP contribution >= 0.6 is 0 Å². The van der Waals surface area contributed by atoms with Gasteiger partial charge in [0.05, 0.1) is 19.1 Å². The highest BCUT2D eigenvalue weighted by molar-refractivity contribution is 5.92. The summed E-state index contributed by atoms with van der Waals surface area (Å²) in [5.74, 6) is -1.78. The first-order valence-electron chi connectivity index (χ1n) is 6.38. The molecule has 2 unspecified atom stereocenters. The van der Waals surface area contributed by atoms with Gasteiger partial charge in [0, 0.05) is 18.2 Å². The molecule has 0 radical (unpaired) electrons. The summed E-state index contributed by atoms with van der Waals surface area (Å²) < 4.78 is 5.26. The standard InChI is InChI=1S/C14H18N2O4/c1-16(12-8-20-7-11(12)14(18)19)6-9-2-4-10(5-3-9)13(15)17/h2-5,11-12H,6-8H2,1H3,(H2,15,17)(H,18,19). The van der Waals surface area contributed by atoms with Gasteiger partial charge in [-0.1, -0.05) is 12.1 Å². The van der Waals surface area contributed by atoms with Crippen molar-refractivity contribution in [2.45, 2.75) is 12.6 Å². The Labute approximate surface area is 117 Å². The Bertz CT molecular complexity index is 500. The van der Waals surface area contributed by atoms with Crippen molar-refractivity contribution in [3.8, 4) is 0 Å². The molecule has 3 N–H and O–H groups in total. The van der Waals surface area contributed by atoms with Gasteiger partial charge in [0.25, 0.3) is 0 Å². The topological polar surface area (TPSA) is 92.9 Å². The van der Waals surface area contributed by atoms with Gasteiger partial charge in [0.2, 0.25) is 5.91 Å². The molecule has 1 fully saturated rings. The zero-order valence-electron chi connectivity index (χ0n) is 11.3. The average Bonchev–Trinajstić information content (AvgIpc) is 2.88. The Balaban J connectivity index is 2.02. The van der Waals surface area contributed by atoms with Gasteiger partial charge >= 0.3 is 5.97 Å². The summed E-state index contributed by atoms with van der Waals surface area (Å²) in [4.78, 5) is 24.1. The molecule has 2 atom stereocenters. The molecule has 0 aromatic heterocycles. The summed E-state index contributed by atoms with van der Waals surface area (Å²) in [6.07, 6.45) is 0. The second-order valence-electron chi connectivity index (χ2n) is 5.03. The van der Waals surface area contributed by atoms with Crippen LogP contribution in [0.15, 0.2) is 24.3 Å². The summed E-state index contributed by atoms with van der Waals surface area (Å²) in [6.45, 7) is 1.27. The fourth-order valence-corrected chi connectivity index (χ4v) is 2.39. The van der Waals surface area contributed by atoms with Crippen LogP contribution in [-0.2, 0) is 16.1 Å². The van der Waals surface area contributed by atoms with Crippen molar-refractivity contribution in [3.63, 3.8) is 0 Å². The number of aliphatic carboxylic acids is 1. The third-order valence-corrected chi connectivity index (χ3v) is 3.60. The van der Waals surface area contributed by atoms with Crippen LogP contribution in [0.2, 0.25) is 0 Å². The highest BCUT2D eigenvalue weighted by Gasteiger charge is 2.36. The van der Waals surface area contributed by atoms with Gasteiger partial charge in [-0.15, -0.1) is 0 Å². The van der Waals surface area contributed by atoms with Crippen molar-refractivity contribution in [1.29, 1.82) is 0 Å². The lowest BCUT2D eigenvalue weighted by Gasteiger charge is -2.26. The number of likely N-dealkylation sites (N-methyl/N-ethyl adjacent to an activating group) is 1. The summed E-state index contributed by atoms with van der Waals surface area (Å²) >= 11 is 0. The molecule has 2 rings (SSSR count). The van der Waals surface area contributed by atoms with E-state index in [0.717, 1.165) is 5.56 Å². The fraction of sp³-hybridized carbons (Fsp3) is 0.429. The monoisotopic (exact) mass is 278 g/mol. The molecule has 1 aliphatic rings. The molecule has 108 valence electrons. The number of nitrogens with zero attached hydrogens (tertiary/aromatic N) is 1. The van der Waals surface area contributed by atoms with Crippen molar-refractivity contribution >= 4 is 11.9 Å². The van der Waals surface area contributed by atoms with Gasteiger partial charge in [-0.3, -0.25) is 14.5 Å². The molecule has 1 heterocycles. The molecular formula is C14H18N2O4. The third-order valence-electron chi connectivity index (χ3n) is 3.60. The maximum Gasteiger partial charge on any atom is 0.310 e. The summed E-state index contributed by atoms with van der Waals surface area (Å²) in [5.41, 5.74) is 6.64. The van der Waals surface area contributed by atoms with E-state index in [9.17, 15) is 9.59 Å². The van der Waals surface area contributed by atoms with E-state index in [1.807, 2.05) is 24.1 Å². The molecular weight excluding hydrogens is 260 g/mol. The largest absolute Gasteiger partial charge is 0.481 e. The average molecular weight is 278 g/mol. The Kier molecular flexibility index (Phi) is 4.36. The maximum atomic E-state index is 11.1. The molecule has 20 heavy (non-hydrogen) atoms. The number of primary amides is 1. The van der Waals surface area contributed by atoms with Crippen LogP contribution in [0.25, 0.3) is 0 Å². The highest BCUT2D eigenvalue weighted by atomic mass is 16.5. The molecule has 1 aliphatic heterocycles. The number of carbonyl (C=O) groups is 2. The lowest BCUT2D eigenvalue weighted by atomic mass is 10.0. The van der Waals surface area contributed by atoms with Gasteiger partial charge in [-0.2, -0.15) is 0 Å². The fourth-order valence-electron chi connectivity index (χ4n) is 2.39. The molecule has 6 nitrogen and oxygen atoms in total. The number of carboxylic acids is 1.